The highest BCUT2D eigenvalue weighted by atomic mass is 16.8. The van der Waals surface area contributed by atoms with Gasteiger partial charge in [-0.25, -0.2) is 0 Å². The highest BCUT2D eigenvalue weighted by molar-refractivity contribution is 4.98. The summed E-state index contributed by atoms with van der Waals surface area (Å²) in [5.41, 5.74) is 0. The molecule has 11 heteroatoms. The number of aliphatic hydroxyl groups excluding tert-OH is 7. The Hall–Kier alpha value is -0.440. The predicted octanol–water partition coefficient (Wildman–Crippen LogP) is -4.74. The van der Waals surface area contributed by atoms with Crippen LogP contribution in [0.3, 0.4) is 0 Å². The van der Waals surface area contributed by atoms with Crippen LogP contribution in [-0.2, 0) is 18.9 Å². The Bertz CT molecular complexity index is 407. The molecule has 9 unspecified atom stereocenters. The molecule has 0 aromatic carbocycles. The largest absolute Gasteiger partial charge is 0.394 e. The van der Waals surface area contributed by atoms with Crippen molar-refractivity contribution in [2.24, 2.45) is 0 Å². The van der Waals surface area contributed by atoms with Crippen molar-refractivity contribution in [3.8, 4) is 0 Å². The number of rotatable bonds is 6. The van der Waals surface area contributed by atoms with Crippen LogP contribution in [0.25, 0.3) is 0 Å². The summed E-state index contributed by atoms with van der Waals surface area (Å²) in [7, 11) is 1.27. The molecule has 0 aromatic heterocycles. The molecule has 2 fully saturated rings. The maximum atomic E-state index is 10.2. The third-order valence-electron chi connectivity index (χ3n) is 4.20. The Labute approximate surface area is 137 Å². The number of hydrogen-bond donors (Lipinski definition) is 7. The van der Waals surface area contributed by atoms with Crippen molar-refractivity contribution in [2.75, 3.05) is 26.9 Å². The highest BCUT2D eigenvalue weighted by Crippen LogP contribution is 2.36. The summed E-state index contributed by atoms with van der Waals surface area (Å²) >= 11 is 0. The van der Waals surface area contributed by atoms with Gasteiger partial charge < -0.3 is 54.7 Å². The monoisotopic (exact) mass is 356 g/mol. The molecule has 7 N–H and O–H groups in total. The molecule has 0 bridgehead atoms. The minimum Gasteiger partial charge on any atom is -0.394 e. The van der Waals surface area contributed by atoms with Gasteiger partial charge in [0.2, 0.25) is 5.79 Å². The van der Waals surface area contributed by atoms with E-state index in [0.717, 1.165) is 0 Å². The molecule has 2 aliphatic heterocycles. The van der Waals surface area contributed by atoms with Gasteiger partial charge in [-0.15, -0.1) is 0 Å². The van der Waals surface area contributed by atoms with E-state index < -0.39 is 74.6 Å². The van der Waals surface area contributed by atoms with E-state index in [9.17, 15) is 35.7 Å². The molecule has 2 rings (SSSR count). The Morgan fingerprint density at radius 3 is 2.00 bits per heavy atom. The Morgan fingerprint density at radius 1 is 0.875 bits per heavy atom. The first kappa shape index (κ1) is 19.9. The third-order valence-corrected chi connectivity index (χ3v) is 4.20. The van der Waals surface area contributed by atoms with Gasteiger partial charge >= 0.3 is 0 Å². The number of hydrogen-bond acceptors (Lipinski definition) is 11. The summed E-state index contributed by atoms with van der Waals surface area (Å²) in [6.07, 6.45) is -12.1. The summed E-state index contributed by atoms with van der Waals surface area (Å²) in [4.78, 5) is 0. The van der Waals surface area contributed by atoms with Crippen LogP contribution in [0.2, 0.25) is 0 Å². The van der Waals surface area contributed by atoms with Gasteiger partial charge in [0.05, 0.1) is 13.2 Å². The van der Waals surface area contributed by atoms with E-state index in [2.05, 4.69) is 0 Å². The zero-order chi connectivity index (χ0) is 18.1. The first-order valence-corrected chi connectivity index (χ1v) is 7.43. The minimum absolute atomic E-state index is 0.392. The van der Waals surface area contributed by atoms with Crippen LogP contribution in [0, 0.1) is 0 Å². The Morgan fingerprint density at radius 2 is 1.50 bits per heavy atom. The minimum atomic E-state index is -1.99. The SMILES string of the molecule is COCC1(OC2OC(CO)C(O)C(O)C2O)OC(CO)C(O)C1O. The molecule has 2 heterocycles. The van der Waals surface area contributed by atoms with Crippen molar-refractivity contribution < 1.29 is 54.7 Å². The fourth-order valence-electron chi connectivity index (χ4n) is 2.82. The van der Waals surface area contributed by atoms with Crippen LogP contribution in [-0.4, -0.2) is 117 Å². The lowest BCUT2D eigenvalue weighted by molar-refractivity contribution is -0.384. The molecule has 0 amide bonds. The topological polar surface area (TPSA) is 179 Å². The lowest BCUT2D eigenvalue weighted by atomic mass is 9.99. The second-order valence-electron chi connectivity index (χ2n) is 5.83. The molecule has 0 spiro atoms. The molecule has 24 heavy (non-hydrogen) atoms. The standard InChI is InChI=1S/C13H24O11/c1-21-4-13(11(20)8(17)6(3-15)23-13)24-12-10(19)9(18)7(16)5(2-14)22-12/h5-12,14-20H,2-4H2,1H3. The van der Waals surface area contributed by atoms with Gasteiger partial charge in [0.25, 0.3) is 0 Å². The quantitative estimate of drug-likeness (QED) is 0.243. The fraction of sp³-hybridized carbons (Fsp3) is 1.00. The lowest BCUT2D eigenvalue weighted by Crippen LogP contribution is -2.62. The van der Waals surface area contributed by atoms with Crippen molar-refractivity contribution in [1.29, 1.82) is 0 Å². The number of methoxy groups -OCH3 is 1. The van der Waals surface area contributed by atoms with Crippen LogP contribution < -0.4 is 0 Å². The molecule has 142 valence electrons. The molecule has 0 radical (unpaired) electrons. The van der Waals surface area contributed by atoms with E-state index >= 15 is 0 Å². The Balaban J connectivity index is 2.21. The second kappa shape index (κ2) is 7.85. The highest BCUT2D eigenvalue weighted by Gasteiger charge is 2.58. The molecular formula is C13H24O11. The summed E-state index contributed by atoms with van der Waals surface area (Å²) in [5.74, 6) is -1.99. The van der Waals surface area contributed by atoms with E-state index in [4.69, 9.17) is 18.9 Å². The van der Waals surface area contributed by atoms with Crippen molar-refractivity contribution in [2.45, 2.75) is 54.8 Å². The van der Waals surface area contributed by atoms with Crippen LogP contribution >= 0.6 is 0 Å². The summed E-state index contributed by atoms with van der Waals surface area (Å²) in [6, 6.07) is 0. The van der Waals surface area contributed by atoms with Gasteiger partial charge in [0, 0.05) is 7.11 Å². The van der Waals surface area contributed by atoms with Crippen LogP contribution in [0.5, 0.6) is 0 Å². The number of ether oxygens (including phenoxy) is 4. The van der Waals surface area contributed by atoms with E-state index in [-0.39, 0.29) is 0 Å². The molecule has 11 nitrogen and oxygen atoms in total. The van der Waals surface area contributed by atoms with Gasteiger partial charge in [0.15, 0.2) is 6.29 Å². The maximum Gasteiger partial charge on any atom is 0.224 e. The maximum absolute atomic E-state index is 10.2. The Kier molecular flexibility index (Phi) is 6.50. The van der Waals surface area contributed by atoms with E-state index in [0.29, 0.717) is 0 Å². The molecule has 0 aromatic rings. The summed E-state index contributed by atoms with van der Waals surface area (Å²) in [6.45, 7) is -1.66. The molecule has 2 saturated heterocycles. The van der Waals surface area contributed by atoms with Crippen LogP contribution in [0.1, 0.15) is 0 Å². The molecule has 0 aliphatic carbocycles. The smallest absolute Gasteiger partial charge is 0.224 e. The van der Waals surface area contributed by atoms with Crippen molar-refractivity contribution in [1.82, 2.24) is 0 Å². The van der Waals surface area contributed by atoms with Gasteiger partial charge in [-0.2, -0.15) is 0 Å². The van der Waals surface area contributed by atoms with Crippen molar-refractivity contribution in [3.05, 3.63) is 0 Å². The van der Waals surface area contributed by atoms with Gasteiger partial charge in [0.1, 0.15) is 49.3 Å². The molecule has 9 atom stereocenters. The molecule has 0 saturated carbocycles. The van der Waals surface area contributed by atoms with E-state index in [1.807, 2.05) is 0 Å². The third kappa shape index (κ3) is 3.43. The van der Waals surface area contributed by atoms with E-state index in [1.54, 1.807) is 0 Å². The van der Waals surface area contributed by atoms with Gasteiger partial charge in [-0.05, 0) is 0 Å². The first-order valence-electron chi connectivity index (χ1n) is 7.43. The predicted molar refractivity (Wildman–Crippen MR) is 73.4 cm³/mol. The number of aliphatic hydroxyl groups is 7. The van der Waals surface area contributed by atoms with Gasteiger partial charge in [-0.3, -0.25) is 0 Å². The van der Waals surface area contributed by atoms with Crippen molar-refractivity contribution in [3.63, 3.8) is 0 Å². The lowest BCUT2D eigenvalue weighted by Gasteiger charge is -2.43. The fourth-order valence-corrected chi connectivity index (χ4v) is 2.82. The second-order valence-corrected chi connectivity index (χ2v) is 5.83. The summed E-state index contributed by atoms with van der Waals surface area (Å²) < 4.78 is 20.9. The van der Waals surface area contributed by atoms with E-state index in [1.165, 1.54) is 7.11 Å². The van der Waals surface area contributed by atoms with Crippen molar-refractivity contribution >= 4 is 0 Å². The van der Waals surface area contributed by atoms with Crippen LogP contribution in [0.4, 0.5) is 0 Å². The average Bonchev–Trinajstić information content (AvgIpc) is 2.80. The normalized spacial score (nSPS) is 49.5. The molecular weight excluding hydrogens is 332 g/mol. The zero-order valence-corrected chi connectivity index (χ0v) is 13.0. The first-order chi connectivity index (χ1) is 11.3. The summed E-state index contributed by atoms with van der Waals surface area (Å²) in [5, 5.41) is 68.0. The van der Waals surface area contributed by atoms with Crippen LogP contribution in [0.15, 0.2) is 0 Å². The average molecular weight is 356 g/mol. The van der Waals surface area contributed by atoms with Gasteiger partial charge in [-0.1, -0.05) is 0 Å². The molecule has 2 aliphatic rings. The zero-order valence-electron chi connectivity index (χ0n) is 13.0.